The molecule has 0 saturated heterocycles. The zero-order valence-corrected chi connectivity index (χ0v) is 12.2. The molecule has 5 heteroatoms. The predicted molar refractivity (Wildman–Crippen MR) is 80.9 cm³/mol. The first-order chi connectivity index (χ1) is 10.3. The highest BCUT2D eigenvalue weighted by Gasteiger charge is 2.15. The highest BCUT2D eigenvalue weighted by atomic mass is 16.6. The second kappa shape index (κ2) is 6.80. The van der Waals surface area contributed by atoms with Gasteiger partial charge in [0, 0.05) is 17.8 Å². The Bertz CT molecular complexity index is 498. The summed E-state index contributed by atoms with van der Waals surface area (Å²) in [6, 6.07) is 5.97. The van der Waals surface area contributed by atoms with Crippen LogP contribution in [0.1, 0.15) is 32.1 Å². The SMILES string of the molecule is O=C(CNC1CCCCC1)Nc1ccc2c(c1)OCCO2. The van der Waals surface area contributed by atoms with E-state index in [-0.39, 0.29) is 5.91 Å². The molecular weight excluding hydrogens is 268 g/mol. The van der Waals surface area contributed by atoms with Gasteiger partial charge in [0.05, 0.1) is 6.54 Å². The van der Waals surface area contributed by atoms with Gasteiger partial charge in [0.1, 0.15) is 13.2 Å². The highest BCUT2D eigenvalue weighted by molar-refractivity contribution is 5.92. The number of rotatable bonds is 4. The molecule has 1 aliphatic heterocycles. The maximum Gasteiger partial charge on any atom is 0.238 e. The molecule has 1 fully saturated rings. The normalized spacial score (nSPS) is 18.3. The average molecular weight is 290 g/mol. The summed E-state index contributed by atoms with van der Waals surface area (Å²) in [7, 11) is 0. The molecule has 2 aliphatic rings. The van der Waals surface area contributed by atoms with E-state index >= 15 is 0 Å². The van der Waals surface area contributed by atoms with Gasteiger partial charge in [-0.3, -0.25) is 4.79 Å². The molecular formula is C16H22N2O3. The van der Waals surface area contributed by atoms with Gasteiger partial charge in [0.2, 0.25) is 5.91 Å². The van der Waals surface area contributed by atoms with Crippen LogP contribution >= 0.6 is 0 Å². The Balaban J connectivity index is 1.50. The first-order valence-electron chi connectivity index (χ1n) is 7.74. The van der Waals surface area contributed by atoms with Gasteiger partial charge >= 0.3 is 0 Å². The fraction of sp³-hybridized carbons (Fsp3) is 0.562. The van der Waals surface area contributed by atoms with Gasteiger partial charge in [0.25, 0.3) is 0 Å². The number of amides is 1. The largest absolute Gasteiger partial charge is 0.486 e. The first kappa shape index (κ1) is 14.2. The van der Waals surface area contributed by atoms with Crippen LogP contribution in [0.4, 0.5) is 5.69 Å². The smallest absolute Gasteiger partial charge is 0.238 e. The molecule has 114 valence electrons. The number of ether oxygens (including phenoxy) is 2. The zero-order chi connectivity index (χ0) is 14.5. The van der Waals surface area contributed by atoms with E-state index in [1.165, 1.54) is 32.1 Å². The van der Waals surface area contributed by atoms with E-state index in [1.807, 2.05) is 18.2 Å². The molecule has 2 N–H and O–H groups in total. The van der Waals surface area contributed by atoms with Crippen LogP contribution in [0.15, 0.2) is 18.2 Å². The molecule has 5 nitrogen and oxygen atoms in total. The molecule has 0 unspecified atom stereocenters. The maximum absolute atomic E-state index is 12.0. The molecule has 0 bridgehead atoms. The lowest BCUT2D eigenvalue weighted by Crippen LogP contribution is -2.37. The third kappa shape index (κ3) is 3.88. The molecule has 0 radical (unpaired) electrons. The molecule has 21 heavy (non-hydrogen) atoms. The molecule has 0 atom stereocenters. The summed E-state index contributed by atoms with van der Waals surface area (Å²) in [5, 5.41) is 6.23. The van der Waals surface area contributed by atoms with E-state index in [1.54, 1.807) is 0 Å². The summed E-state index contributed by atoms with van der Waals surface area (Å²) >= 11 is 0. The molecule has 0 spiro atoms. The van der Waals surface area contributed by atoms with Gasteiger partial charge in [-0.25, -0.2) is 0 Å². The summed E-state index contributed by atoms with van der Waals surface area (Å²) in [4.78, 5) is 12.0. The zero-order valence-electron chi connectivity index (χ0n) is 12.2. The summed E-state index contributed by atoms with van der Waals surface area (Å²) in [5.74, 6) is 1.41. The Morgan fingerprint density at radius 3 is 2.67 bits per heavy atom. The Labute approximate surface area is 125 Å². The lowest BCUT2D eigenvalue weighted by atomic mass is 9.95. The van der Waals surface area contributed by atoms with Crippen molar-refractivity contribution < 1.29 is 14.3 Å². The summed E-state index contributed by atoms with van der Waals surface area (Å²) in [6.07, 6.45) is 6.21. The van der Waals surface area contributed by atoms with Gasteiger partial charge in [-0.15, -0.1) is 0 Å². The van der Waals surface area contributed by atoms with Crippen molar-refractivity contribution >= 4 is 11.6 Å². The van der Waals surface area contributed by atoms with Crippen LogP contribution in [0.2, 0.25) is 0 Å². The molecule has 1 aliphatic carbocycles. The predicted octanol–water partition coefficient (Wildman–Crippen LogP) is 2.32. The van der Waals surface area contributed by atoms with Crippen molar-refractivity contribution in [2.45, 2.75) is 38.1 Å². The molecule has 1 amide bonds. The fourth-order valence-electron chi connectivity index (χ4n) is 2.87. The van der Waals surface area contributed by atoms with E-state index in [2.05, 4.69) is 10.6 Å². The van der Waals surface area contributed by atoms with E-state index in [9.17, 15) is 4.79 Å². The quantitative estimate of drug-likeness (QED) is 0.893. The minimum atomic E-state index is -0.0164. The standard InChI is InChI=1S/C16H22N2O3/c19-16(11-17-12-4-2-1-3-5-12)18-13-6-7-14-15(10-13)21-9-8-20-14/h6-7,10,12,17H,1-5,8-9,11H2,(H,18,19). The maximum atomic E-state index is 12.0. The number of hydrogen-bond acceptors (Lipinski definition) is 4. The summed E-state index contributed by atoms with van der Waals surface area (Å²) in [6.45, 7) is 1.48. The van der Waals surface area contributed by atoms with Crippen LogP contribution in [0.3, 0.4) is 0 Å². The van der Waals surface area contributed by atoms with E-state index in [0.717, 1.165) is 11.4 Å². The van der Waals surface area contributed by atoms with Crippen LogP contribution in [0.25, 0.3) is 0 Å². The Kier molecular flexibility index (Phi) is 4.60. The van der Waals surface area contributed by atoms with Crippen molar-refractivity contribution in [1.29, 1.82) is 0 Å². The first-order valence-corrected chi connectivity index (χ1v) is 7.74. The fourth-order valence-corrected chi connectivity index (χ4v) is 2.87. The Morgan fingerprint density at radius 2 is 1.86 bits per heavy atom. The monoisotopic (exact) mass is 290 g/mol. The van der Waals surface area contributed by atoms with E-state index in [0.29, 0.717) is 31.5 Å². The van der Waals surface area contributed by atoms with Crippen molar-refractivity contribution in [2.75, 3.05) is 25.1 Å². The van der Waals surface area contributed by atoms with Gasteiger partial charge in [-0.2, -0.15) is 0 Å². The molecule has 0 aromatic heterocycles. The van der Waals surface area contributed by atoms with Crippen molar-refractivity contribution in [1.82, 2.24) is 5.32 Å². The Hall–Kier alpha value is -1.75. The van der Waals surface area contributed by atoms with Crippen molar-refractivity contribution in [2.24, 2.45) is 0 Å². The number of anilines is 1. The van der Waals surface area contributed by atoms with Gasteiger partial charge in [-0.1, -0.05) is 19.3 Å². The number of carbonyl (C=O) groups is 1. The number of benzene rings is 1. The Morgan fingerprint density at radius 1 is 1.10 bits per heavy atom. The van der Waals surface area contributed by atoms with Crippen molar-refractivity contribution in [3.63, 3.8) is 0 Å². The minimum Gasteiger partial charge on any atom is -0.486 e. The van der Waals surface area contributed by atoms with Crippen molar-refractivity contribution in [3.05, 3.63) is 18.2 Å². The van der Waals surface area contributed by atoms with Crippen LogP contribution in [0, 0.1) is 0 Å². The molecule has 1 aromatic rings. The number of hydrogen-bond donors (Lipinski definition) is 2. The second-order valence-corrected chi connectivity index (χ2v) is 5.62. The van der Waals surface area contributed by atoms with E-state index < -0.39 is 0 Å². The molecule has 3 rings (SSSR count). The van der Waals surface area contributed by atoms with Gasteiger partial charge in [0.15, 0.2) is 11.5 Å². The topological polar surface area (TPSA) is 59.6 Å². The lowest BCUT2D eigenvalue weighted by molar-refractivity contribution is -0.115. The third-order valence-electron chi connectivity index (χ3n) is 3.98. The van der Waals surface area contributed by atoms with Gasteiger partial charge < -0.3 is 20.1 Å². The van der Waals surface area contributed by atoms with Crippen molar-refractivity contribution in [3.8, 4) is 11.5 Å². The summed E-state index contributed by atoms with van der Waals surface area (Å²) < 4.78 is 11.0. The highest BCUT2D eigenvalue weighted by Crippen LogP contribution is 2.32. The number of nitrogens with one attached hydrogen (secondary N) is 2. The number of carbonyl (C=O) groups excluding carboxylic acids is 1. The van der Waals surface area contributed by atoms with Crippen LogP contribution in [-0.2, 0) is 4.79 Å². The van der Waals surface area contributed by atoms with E-state index in [4.69, 9.17) is 9.47 Å². The molecule has 1 heterocycles. The minimum absolute atomic E-state index is 0.0164. The number of fused-ring (bicyclic) bond motifs is 1. The van der Waals surface area contributed by atoms with Crippen LogP contribution < -0.4 is 20.1 Å². The second-order valence-electron chi connectivity index (χ2n) is 5.62. The summed E-state index contributed by atoms with van der Waals surface area (Å²) in [5.41, 5.74) is 0.745. The lowest BCUT2D eigenvalue weighted by Gasteiger charge is -2.22. The molecule has 1 saturated carbocycles. The van der Waals surface area contributed by atoms with Crippen LogP contribution in [-0.4, -0.2) is 31.7 Å². The third-order valence-corrected chi connectivity index (χ3v) is 3.98. The average Bonchev–Trinajstić information content (AvgIpc) is 2.54. The molecule has 1 aromatic carbocycles. The van der Waals surface area contributed by atoms with Crippen LogP contribution in [0.5, 0.6) is 11.5 Å². The van der Waals surface area contributed by atoms with Gasteiger partial charge in [-0.05, 0) is 25.0 Å².